The lowest BCUT2D eigenvalue weighted by Crippen LogP contribution is -2.61. The van der Waals surface area contributed by atoms with E-state index in [1.165, 1.54) is 13.3 Å². The average Bonchev–Trinajstić information content (AvgIpc) is 4.21. The molecule has 22 heteroatoms. The van der Waals surface area contributed by atoms with Crippen LogP contribution in [0.5, 0.6) is 0 Å². The number of rotatable bonds is 19. The summed E-state index contributed by atoms with van der Waals surface area (Å²) in [5.74, 6) is -6.24. The van der Waals surface area contributed by atoms with Crippen LogP contribution in [0.15, 0.2) is 23.1 Å². The average molecular weight is 1130 g/mol. The molecule has 21 nitrogen and oxygen atoms in total. The number of nitrogens with one attached hydrogen (secondary N) is 1. The number of fused-ring (bicyclic) bond motifs is 2. The quantitative estimate of drug-likeness (QED) is 0.0995. The summed E-state index contributed by atoms with van der Waals surface area (Å²) in [7, 11) is 8.83. The molecule has 7 rings (SSSR count). The van der Waals surface area contributed by atoms with Crippen LogP contribution in [0.4, 0.5) is 14.9 Å². The Morgan fingerprint density at radius 3 is 2.20 bits per heavy atom. The van der Waals surface area contributed by atoms with Crippen LogP contribution >= 0.6 is 0 Å². The summed E-state index contributed by atoms with van der Waals surface area (Å²) in [5.41, 5.74) is -4.16. The monoisotopic (exact) mass is 1130 g/mol. The number of ether oxygens (including phenoxy) is 10. The number of aliphatic hydroxyl groups excluding tert-OH is 1. The van der Waals surface area contributed by atoms with Gasteiger partial charge in [0.25, 0.3) is 0 Å². The third-order valence-electron chi connectivity index (χ3n) is 17.8. The minimum Gasteiger partial charge on any atom is -0.477 e. The first kappa shape index (κ1) is 63.2. The molecule has 0 amide bonds. The standard InChI is InChI=1S/C58H89FN4O17/c1-16-43-58(10)50(79-55(70)80-58)32(4)45(64)30(2)27-56(8,71-14)49(78-54-47(66)42(61(11)12)24-31(3)74-54)33(5)48(34(6)53(69)76-43)77-44-28-57(9,72-15)51(35(7)75-44)73-23-17-21-62(13)22-20-60-40-26-41-37(25-39(40)59)46(65)38(52(67)68)29-63(41)36-18-19-36/h25-26,29-36,42-44,47-51,54,60,66H,16-24,27-28H2,1-15H3,(H,67,68)/t30-,31-,32?,33+,34+,35-,42+,43-,44+,47+,48+,49-,50+,51+,54+,56+,57-,58-/m0/s1. The summed E-state index contributed by atoms with van der Waals surface area (Å²) >= 11 is 0. The Labute approximate surface area is 469 Å². The number of ketones is 1. The summed E-state index contributed by atoms with van der Waals surface area (Å²) in [6.45, 7) is 19.9. The lowest BCUT2D eigenvalue weighted by molar-refractivity contribution is -0.322. The lowest BCUT2D eigenvalue weighted by Gasteiger charge is -2.50. The predicted molar refractivity (Wildman–Crippen MR) is 292 cm³/mol. The molecule has 1 aromatic carbocycles. The van der Waals surface area contributed by atoms with Crippen molar-refractivity contribution in [2.45, 2.75) is 204 Å². The number of nitrogens with zero attached hydrogens (tertiary/aromatic N) is 3. The van der Waals surface area contributed by atoms with Crippen molar-refractivity contribution in [3.63, 3.8) is 0 Å². The third kappa shape index (κ3) is 13.3. The molecule has 3 N–H and O–H groups in total. The van der Waals surface area contributed by atoms with Crippen LogP contribution in [0.25, 0.3) is 10.9 Å². The first-order valence-electron chi connectivity index (χ1n) is 28.5. The summed E-state index contributed by atoms with van der Waals surface area (Å²) in [4.78, 5) is 71.1. The highest BCUT2D eigenvalue weighted by Crippen LogP contribution is 2.45. The fourth-order valence-corrected chi connectivity index (χ4v) is 12.9. The van der Waals surface area contributed by atoms with Gasteiger partial charge in [-0.3, -0.25) is 14.4 Å². The van der Waals surface area contributed by atoms with E-state index in [-0.39, 0.29) is 59.9 Å². The molecular weight excluding hydrogens is 1040 g/mol. The summed E-state index contributed by atoms with van der Waals surface area (Å²) < 4.78 is 81.3. The maximum atomic E-state index is 15.4. The van der Waals surface area contributed by atoms with Crippen molar-refractivity contribution in [1.29, 1.82) is 0 Å². The number of cyclic esters (lactones) is 1. The topological polar surface area (TPSA) is 242 Å². The van der Waals surface area contributed by atoms with Crippen LogP contribution in [0.2, 0.25) is 0 Å². The Hall–Kier alpha value is -4.36. The maximum absolute atomic E-state index is 15.4. The van der Waals surface area contributed by atoms with Gasteiger partial charge in [0.1, 0.15) is 35.5 Å². The normalized spacial score (nSPS) is 37.5. The minimum absolute atomic E-state index is 0.0325. The number of Topliss-reactive ketones (excluding diaryl/α,β-unsaturated/α-hetero) is 1. The van der Waals surface area contributed by atoms with Crippen molar-refractivity contribution >= 4 is 40.5 Å². The predicted octanol–water partition coefficient (Wildman–Crippen LogP) is 6.57. The molecule has 5 fully saturated rings. The van der Waals surface area contributed by atoms with Gasteiger partial charge in [-0.15, -0.1) is 0 Å². The zero-order chi connectivity index (χ0) is 58.9. The van der Waals surface area contributed by atoms with Gasteiger partial charge in [0.15, 0.2) is 24.3 Å². The molecule has 0 spiro atoms. The molecule has 1 unspecified atom stereocenters. The Morgan fingerprint density at radius 1 is 0.900 bits per heavy atom. The van der Waals surface area contributed by atoms with Crippen LogP contribution in [0.3, 0.4) is 0 Å². The number of anilines is 1. The van der Waals surface area contributed by atoms with Crippen molar-refractivity contribution in [1.82, 2.24) is 14.4 Å². The molecule has 1 aromatic heterocycles. The van der Waals surface area contributed by atoms with Gasteiger partial charge in [-0.2, -0.15) is 0 Å². The second-order valence-electron chi connectivity index (χ2n) is 24.1. The van der Waals surface area contributed by atoms with E-state index < -0.39 is 125 Å². The number of hydrogen-bond acceptors (Lipinski definition) is 19. The summed E-state index contributed by atoms with van der Waals surface area (Å²) in [6.07, 6.45) is -5.05. The number of halogens is 1. The minimum atomic E-state index is -1.51. The number of likely N-dealkylation sites (N-methyl/N-ethyl adjacent to an activating group) is 2. The number of pyridine rings is 1. The Bertz CT molecular complexity index is 2580. The van der Waals surface area contributed by atoms with E-state index in [4.69, 9.17) is 47.4 Å². The maximum Gasteiger partial charge on any atom is 0.509 e. The van der Waals surface area contributed by atoms with Gasteiger partial charge in [0, 0.05) is 82.4 Å². The number of aromatic carboxylic acids is 1. The van der Waals surface area contributed by atoms with Crippen LogP contribution in [0, 0.1) is 29.5 Å². The molecule has 80 heavy (non-hydrogen) atoms. The zero-order valence-corrected chi connectivity index (χ0v) is 49.5. The number of esters is 1. The van der Waals surface area contributed by atoms with Crippen LogP contribution < -0.4 is 10.7 Å². The Balaban J connectivity index is 1.07. The van der Waals surface area contributed by atoms with Crippen molar-refractivity contribution in [3.8, 4) is 0 Å². The van der Waals surface area contributed by atoms with Crippen molar-refractivity contribution in [2.75, 3.05) is 66.9 Å². The van der Waals surface area contributed by atoms with Crippen LogP contribution in [-0.4, -0.2) is 194 Å². The number of aliphatic hydroxyl groups is 1. The van der Waals surface area contributed by atoms with Gasteiger partial charge in [-0.25, -0.2) is 14.0 Å². The molecule has 5 heterocycles. The number of carbonyl (C=O) groups excluding carboxylic acids is 3. The molecule has 0 radical (unpaired) electrons. The van der Waals surface area contributed by atoms with E-state index in [0.717, 1.165) is 18.9 Å². The van der Waals surface area contributed by atoms with E-state index in [9.17, 15) is 34.2 Å². The highest BCUT2D eigenvalue weighted by atomic mass is 19.1. The first-order chi connectivity index (χ1) is 37.6. The van der Waals surface area contributed by atoms with Crippen LogP contribution in [-0.2, 0) is 57.0 Å². The fraction of sp³-hybridized carbons (Fsp3) is 0.776. The largest absolute Gasteiger partial charge is 0.509 e. The lowest BCUT2D eigenvalue weighted by atomic mass is 9.74. The van der Waals surface area contributed by atoms with Gasteiger partial charge >= 0.3 is 18.1 Å². The highest BCUT2D eigenvalue weighted by molar-refractivity contribution is 5.93. The van der Waals surface area contributed by atoms with E-state index >= 15 is 4.39 Å². The van der Waals surface area contributed by atoms with Gasteiger partial charge in [0.05, 0.1) is 58.7 Å². The molecule has 450 valence electrons. The third-order valence-corrected chi connectivity index (χ3v) is 17.8. The SMILES string of the molecule is CC[C@@H]1OC(=O)[C@H](C)[C@H](O[C@@H]2C[C@](C)(OC)[C@H](OCCCN(C)CCNc3cc4c(cc3F)c(=O)c(C(=O)O)cn4C3CC3)[C@H](C)O2)[C@@H](C)[C@H](O[C@H]2O[C@@H](C)C[C@@H](N(C)C)[C@H]2O)[C@](C)(OC)C[C@H](C)C(=O)C(C)[C@H]2OC(=O)O[C@@]12C. The van der Waals surface area contributed by atoms with Gasteiger partial charge < -0.3 is 77.3 Å². The number of carbonyl (C=O) groups is 4. The fourth-order valence-electron chi connectivity index (χ4n) is 12.9. The van der Waals surface area contributed by atoms with Gasteiger partial charge in [0.2, 0.25) is 5.43 Å². The number of carboxylic acids is 1. The van der Waals surface area contributed by atoms with Crippen molar-refractivity contribution in [3.05, 3.63) is 39.9 Å². The molecule has 18 atom stereocenters. The second kappa shape index (κ2) is 25.6. The molecule has 4 saturated heterocycles. The molecule has 4 aliphatic heterocycles. The molecule has 1 saturated carbocycles. The van der Waals surface area contributed by atoms with E-state index in [2.05, 4.69) is 10.2 Å². The molecule has 5 aliphatic rings. The van der Waals surface area contributed by atoms with E-state index in [0.29, 0.717) is 44.6 Å². The molecule has 2 aromatic rings. The molecule has 1 aliphatic carbocycles. The number of benzene rings is 1. The Morgan fingerprint density at radius 2 is 1.57 bits per heavy atom. The number of methoxy groups -OCH3 is 2. The van der Waals surface area contributed by atoms with E-state index in [1.54, 1.807) is 52.4 Å². The van der Waals surface area contributed by atoms with Gasteiger partial charge in [-0.05, 0) is 113 Å². The number of hydrogen-bond donors (Lipinski definition) is 3. The first-order valence-corrected chi connectivity index (χ1v) is 28.5. The zero-order valence-electron chi connectivity index (χ0n) is 49.5. The second-order valence-corrected chi connectivity index (χ2v) is 24.1. The van der Waals surface area contributed by atoms with Crippen molar-refractivity contribution in [2.24, 2.45) is 23.7 Å². The van der Waals surface area contributed by atoms with Crippen LogP contribution in [0.1, 0.15) is 131 Å². The summed E-state index contributed by atoms with van der Waals surface area (Å²) in [5, 5.41) is 24.7. The Kier molecular flexibility index (Phi) is 20.3. The molecular formula is C58H89FN4O17. The smallest absolute Gasteiger partial charge is 0.477 e. The molecule has 0 bridgehead atoms. The van der Waals surface area contributed by atoms with E-state index in [1.807, 2.05) is 60.7 Å². The van der Waals surface area contributed by atoms with Gasteiger partial charge in [-0.1, -0.05) is 27.7 Å². The highest BCUT2D eigenvalue weighted by Gasteiger charge is 2.60. The number of aromatic nitrogens is 1. The summed E-state index contributed by atoms with van der Waals surface area (Å²) in [6, 6.07) is 2.43. The number of carboxylic acid groups (broad SMARTS) is 1. The van der Waals surface area contributed by atoms with Crippen molar-refractivity contribution < 1.29 is 81.2 Å².